The first-order valence-electron chi connectivity index (χ1n) is 15.1. The number of hydrogen-bond donors (Lipinski definition) is 0. The number of amides is 1. The van der Waals surface area contributed by atoms with Crippen molar-refractivity contribution in [1.29, 1.82) is 0 Å². The van der Waals surface area contributed by atoms with Gasteiger partial charge in [-0.2, -0.15) is 0 Å². The molecule has 1 aliphatic heterocycles. The van der Waals surface area contributed by atoms with E-state index in [1.807, 2.05) is 25.7 Å². The van der Waals surface area contributed by atoms with E-state index >= 15 is 0 Å². The van der Waals surface area contributed by atoms with Gasteiger partial charge in [0.25, 0.3) is 0 Å². The second-order valence-corrected chi connectivity index (χ2v) is 11.8. The first-order valence-corrected chi connectivity index (χ1v) is 15.1. The lowest BCUT2D eigenvalue weighted by Gasteiger charge is -2.34. The van der Waals surface area contributed by atoms with Crippen LogP contribution in [-0.2, 0) is 4.74 Å². The number of carbonyl (C=O) groups excluding carboxylic acids is 1. The fourth-order valence-corrected chi connectivity index (χ4v) is 5.02. The molecule has 0 aromatic carbocycles. The predicted octanol–water partition coefficient (Wildman–Crippen LogP) is 8.83. The zero-order valence-corrected chi connectivity index (χ0v) is 23.8. The maximum atomic E-state index is 12.3. The van der Waals surface area contributed by atoms with Crippen LogP contribution in [0.4, 0.5) is 4.79 Å². The molecule has 4 nitrogen and oxygen atoms in total. The van der Waals surface area contributed by atoms with Gasteiger partial charge in [0.15, 0.2) is 0 Å². The minimum Gasteiger partial charge on any atom is -0.444 e. The van der Waals surface area contributed by atoms with Crippen molar-refractivity contribution >= 4 is 6.09 Å². The summed E-state index contributed by atoms with van der Waals surface area (Å²) in [4.78, 5) is 17.0. The second kappa shape index (κ2) is 19.4. The van der Waals surface area contributed by atoms with Crippen LogP contribution in [0.15, 0.2) is 0 Å². The summed E-state index contributed by atoms with van der Waals surface area (Å²) < 4.78 is 5.56. The maximum Gasteiger partial charge on any atom is 0.410 e. The highest BCUT2D eigenvalue weighted by Crippen LogP contribution is 2.23. The average molecular weight is 481 g/mol. The standard InChI is InChI=1S/C30H60N2O2/c1-6-8-10-12-14-16-18-23-31(24-19-17-15-13-11-9-7-2)25-20-28-21-26-32(27-22-28)29(33)34-30(3,4)5/h28H,6-27H2,1-5H3. The summed E-state index contributed by atoms with van der Waals surface area (Å²) in [7, 11) is 0. The summed E-state index contributed by atoms with van der Waals surface area (Å²) in [6.07, 6.45) is 22.9. The smallest absolute Gasteiger partial charge is 0.410 e. The minimum atomic E-state index is -0.402. The number of rotatable bonds is 19. The average Bonchev–Trinajstić information content (AvgIpc) is 2.80. The number of likely N-dealkylation sites (tertiary alicyclic amines) is 1. The summed E-state index contributed by atoms with van der Waals surface area (Å²) in [6.45, 7) is 15.9. The number of piperidine rings is 1. The molecule has 4 heteroatoms. The molecule has 0 aromatic heterocycles. The van der Waals surface area contributed by atoms with Crippen molar-refractivity contribution in [3.05, 3.63) is 0 Å². The zero-order chi connectivity index (χ0) is 25.1. The monoisotopic (exact) mass is 480 g/mol. The van der Waals surface area contributed by atoms with Crippen LogP contribution in [0.25, 0.3) is 0 Å². The Bertz CT molecular complexity index is 463. The summed E-state index contributed by atoms with van der Waals surface area (Å²) in [5.74, 6) is 0.754. The summed E-state index contributed by atoms with van der Waals surface area (Å²) in [5, 5.41) is 0. The van der Waals surface area contributed by atoms with Crippen LogP contribution in [-0.4, -0.2) is 54.2 Å². The Morgan fingerprint density at radius 3 is 1.62 bits per heavy atom. The molecule has 202 valence electrons. The maximum absolute atomic E-state index is 12.3. The van der Waals surface area contributed by atoms with Crippen molar-refractivity contribution in [1.82, 2.24) is 9.80 Å². The van der Waals surface area contributed by atoms with Gasteiger partial charge >= 0.3 is 6.09 Å². The largest absolute Gasteiger partial charge is 0.444 e. The van der Waals surface area contributed by atoms with Gasteiger partial charge in [-0.05, 0) is 78.4 Å². The van der Waals surface area contributed by atoms with Gasteiger partial charge in [0, 0.05) is 13.1 Å². The second-order valence-electron chi connectivity index (χ2n) is 11.8. The van der Waals surface area contributed by atoms with Crippen LogP contribution in [0, 0.1) is 5.92 Å². The Balaban J connectivity index is 2.31. The van der Waals surface area contributed by atoms with Gasteiger partial charge in [-0.3, -0.25) is 0 Å². The van der Waals surface area contributed by atoms with Crippen LogP contribution in [0.3, 0.4) is 0 Å². The SMILES string of the molecule is CCCCCCCCCN(CCCCCCCCC)CCC1CCN(C(=O)OC(C)(C)C)CC1. The Morgan fingerprint density at radius 1 is 0.735 bits per heavy atom. The third kappa shape index (κ3) is 16.8. The summed E-state index contributed by atoms with van der Waals surface area (Å²) in [6, 6.07) is 0. The van der Waals surface area contributed by atoms with Crippen molar-refractivity contribution in [2.75, 3.05) is 32.7 Å². The highest BCUT2D eigenvalue weighted by atomic mass is 16.6. The Morgan fingerprint density at radius 2 is 1.18 bits per heavy atom. The molecule has 1 saturated heterocycles. The van der Waals surface area contributed by atoms with Gasteiger partial charge in [0.1, 0.15) is 5.60 Å². The first kappa shape index (κ1) is 31.3. The minimum absolute atomic E-state index is 0.134. The van der Waals surface area contributed by atoms with Gasteiger partial charge in [0.05, 0.1) is 0 Å². The first-order chi connectivity index (χ1) is 16.4. The highest BCUT2D eigenvalue weighted by molar-refractivity contribution is 5.68. The third-order valence-corrected chi connectivity index (χ3v) is 7.28. The van der Waals surface area contributed by atoms with E-state index in [1.54, 1.807) is 0 Å². The summed E-state index contributed by atoms with van der Waals surface area (Å²) >= 11 is 0. The molecule has 0 radical (unpaired) electrons. The van der Waals surface area contributed by atoms with Gasteiger partial charge in [0.2, 0.25) is 0 Å². The molecule has 0 aromatic rings. The number of hydrogen-bond acceptors (Lipinski definition) is 3. The van der Waals surface area contributed by atoms with E-state index in [1.165, 1.54) is 116 Å². The van der Waals surface area contributed by atoms with Crippen molar-refractivity contribution in [3.8, 4) is 0 Å². The van der Waals surface area contributed by atoms with Crippen molar-refractivity contribution in [2.45, 2.75) is 149 Å². The Kier molecular flexibility index (Phi) is 17.9. The van der Waals surface area contributed by atoms with Gasteiger partial charge in [-0.1, -0.05) is 90.9 Å². The zero-order valence-electron chi connectivity index (χ0n) is 23.8. The molecule has 0 unspecified atom stereocenters. The van der Waals surface area contributed by atoms with E-state index < -0.39 is 5.60 Å². The van der Waals surface area contributed by atoms with Crippen LogP contribution in [0.2, 0.25) is 0 Å². The molecule has 0 spiro atoms. The molecule has 1 amide bonds. The molecular weight excluding hydrogens is 420 g/mol. The van der Waals surface area contributed by atoms with Crippen LogP contribution in [0.1, 0.15) is 144 Å². The molecule has 1 rings (SSSR count). The van der Waals surface area contributed by atoms with Gasteiger partial charge in [-0.25, -0.2) is 4.79 Å². The lowest BCUT2D eigenvalue weighted by atomic mass is 9.93. The lowest BCUT2D eigenvalue weighted by molar-refractivity contribution is 0.0177. The normalized spacial score (nSPS) is 15.3. The molecular formula is C30H60N2O2. The van der Waals surface area contributed by atoms with Gasteiger partial charge < -0.3 is 14.5 Å². The summed E-state index contributed by atoms with van der Waals surface area (Å²) in [5.41, 5.74) is -0.402. The lowest BCUT2D eigenvalue weighted by Crippen LogP contribution is -2.42. The van der Waals surface area contributed by atoms with Crippen LogP contribution in [0.5, 0.6) is 0 Å². The fourth-order valence-electron chi connectivity index (χ4n) is 5.02. The van der Waals surface area contributed by atoms with E-state index in [9.17, 15) is 4.79 Å². The molecule has 34 heavy (non-hydrogen) atoms. The number of ether oxygens (including phenoxy) is 1. The molecule has 1 aliphatic rings. The van der Waals surface area contributed by atoms with E-state index in [0.29, 0.717) is 0 Å². The number of nitrogens with zero attached hydrogens (tertiary/aromatic N) is 2. The molecule has 0 aliphatic carbocycles. The van der Waals surface area contributed by atoms with E-state index in [0.717, 1.165) is 31.8 Å². The third-order valence-electron chi connectivity index (χ3n) is 7.28. The van der Waals surface area contributed by atoms with Crippen molar-refractivity contribution in [3.63, 3.8) is 0 Å². The molecule has 1 fully saturated rings. The van der Waals surface area contributed by atoms with Crippen molar-refractivity contribution < 1.29 is 9.53 Å². The molecule has 0 saturated carbocycles. The number of carbonyl (C=O) groups is 1. The molecule has 0 bridgehead atoms. The number of unbranched alkanes of at least 4 members (excludes halogenated alkanes) is 12. The quantitative estimate of drug-likeness (QED) is 0.173. The van der Waals surface area contributed by atoms with Gasteiger partial charge in [-0.15, -0.1) is 0 Å². The predicted molar refractivity (Wildman–Crippen MR) is 148 cm³/mol. The van der Waals surface area contributed by atoms with Crippen LogP contribution < -0.4 is 0 Å². The fraction of sp³-hybridized carbons (Fsp3) is 0.967. The van der Waals surface area contributed by atoms with E-state index in [4.69, 9.17) is 4.74 Å². The Hall–Kier alpha value is -0.770. The molecule has 0 atom stereocenters. The highest BCUT2D eigenvalue weighted by Gasteiger charge is 2.26. The van der Waals surface area contributed by atoms with E-state index in [-0.39, 0.29) is 6.09 Å². The van der Waals surface area contributed by atoms with E-state index in [2.05, 4.69) is 18.7 Å². The molecule has 0 N–H and O–H groups in total. The van der Waals surface area contributed by atoms with Crippen LogP contribution >= 0.6 is 0 Å². The topological polar surface area (TPSA) is 32.8 Å². The Labute approximate surface area is 213 Å². The van der Waals surface area contributed by atoms with Crippen molar-refractivity contribution in [2.24, 2.45) is 5.92 Å². The molecule has 1 heterocycles.